The Morgan fingerprint density at radius 2 is 2.00 bits per heavy atom. The van der Waals surface area contributed by atoms with Gasteiger partial charge in [0, 0.05) is 31.0 Å². The van der Waals surface area contributed by atoms with Gasteiger partial charge in [0.25, 0.3) is 0 Å². The third kappa shape index (κ3) is 3.71. The molecule has 0 aliphatic rings. The van der Waals surface area contributed by atoms with E-state index in [-0.39, 0.29) is 0 Å². The van der Waals surface area contributed by atoms with Crippen molar-refractivity contribution >= 4 is 6.20 Å². The lowest BCUT2D eigenvalue weighted by Crippen LogP contribution is -2.13. The second-order valence-corrected chi connectivity index (χ2v) is 4.31. The van der Waals surface area contributed by atoms with Crippen molar-refractivity contribution in [2.75, 3.05) is 0 Å². The highest BCUT2D eigenvalue weighted by atomic mass is 19.4. The summed E-state index contributed by atoms with van der Waals surface area (Å²) in [4.78, 5) is 0. The quantitative estimate of drug-likeness (QED) is 0.911. The van der Waals surface area contributed by atoms with Gasteiger partial charge in [-0.25, -0.2) is 4.68 Å². The summed E-state index contributed by atoms with van der Waals surface area (Å²) in [7, 11) is 0. The molecule has 2 aromatic rings. The van der Waals surface area contributed by atoms with Gasteiger partial charge in [-0.3, -0.25) is 0 Å². The van der Waals surface area contributed by atoms with Crippen LogP contribution < -0.4 is 5.32 Å². The van der Waals surface area contributed by atoms with E-state index in [0.29, 0.717) is 18.7 Å². The van der Waals surface area contributed by atoms with Crippen LogP contribution in [-0.2, 0) is 19.3 Å². The molecule has 1 N–H and O–H groups in total. The lowest BCUT2D eigenvalue weighted by Gasteiger charge is -2.09. The van der Waals surface area contributed by atoms with Gasteiger partial charge in [-0.05, 0) is 11.6 Å². The summed E-state index contributed by atoms with van der Waals surface area (Å²) in [6, 6.07) is 5.29. The first kappa shape index (κ1) is 14.3. The van der Waals surface area contributed by atoms with E-state index in [2.05, 4.69) is 17.0 Å². The third-order valence-electron chi connectivity index (χ3n) is 2.75. The molecular weight excluding hydrogens is 267 g/mol. The van der Waals surface area contributed by atoms with Gasteiger partial charge in [0.15, 0.2) is 0 Å². The molecule has 1 heterocycles. The van der Waals surface area contributed by atoms with Crippen molar-refractivity contribution in [3.05, 3.63) is 59.9 Å². The van der Waals surface area contributed by atoms with Crippen LogP contribution in [0.5, 0.6) is 0 Å². The second-order valence-electron chi connectivity index (χ2n) is 4.31. The maximum Gasteiger partial charge on any atom is 0.416 e. The minimum absolute atomic E-state index is 0.364. The largest absolute Gasteiger partial charge is 0.416 e. The molecule has 3 nitrogen and oxygen atoms in total. The number of aromatic nitrogens is 2. The van der Waals surface area contributed by atoms with Gasteiger partial charge >= 0.3 is 6.18 Å². The number of hydrogen-bond acceptors (Lipinski definition) is 2. The first-order chi connectivity index (χ1) is 9.49. The fourth-order valence-electron chi connectivity index (χ4n) is 1.78. The Labute approximate surface area is 114 Å². The first-order valence-corrected chi connectivity index (χ1v) is 6.01. The molecule has 20 heavy (non-hydrogen) atoms. The number of nitrogens with one attached hydrogen (secondary N) is 1. The zero-order valence-electron chi connectivity index (χ0n) is 10.7. The van der Waals surface area contributed by atoms with Gasteiger partial charge in [-0.2, -0.15) is 18.3 Å². The van der Waals surface area contributed by atoms with Crippen molar-refractivity contribution in [3.8, 4) is 0 Å². The average molecular weight is 281 g/mol. The number of benzene rings is 1. The zero-order chi connectivity index (χ0) is 14.6. The smallest absolute Gasteiger partial charge is 0.309 e. The van der Waals surface area contributed by atoms with E-state index in [9.17, 15) is 13.2 Å². The van der Waals surface area contributed by atoms with Crippen molar-refractivity contribution in [3.63, 3.8) is 0 Å². The summed E-state index contributed by atoms with van der Waals surface area (Å²) >= 11 is 0. The van der Waals surface area contributed by atoms with Crippen LogP contribution in [0, 0.1) is 0 Å². The number of nitrogens with zero attached hydrogens (tertiary/aromatic N) is 2. The molecule has 0 aliphatic heterocycles. The fourth-order valence-corrected chi connectivity index (χ4v) is 1.78. The van der Waals surface area contributed by atoms with E-state index in [1.165, 1.54) is 6.07 Å². The number of rotatable bonds is 5. The van der Waals surface area contributed by atoms with E-state index in [1.54, 1.807) is 29.3 Å². The van der Waals surface area contributed by atoms with Crippen LogP contribution in [0.2, 0.25) is 0 Å². The second kappa shape index (κ2) is 5.92. The Morgan fingerprint density at radius 1 is 1.25 bits per heavy atom. The maximum atomic E-state index is 12.6. The van der Waals surface area contributed by atoms with Crippen LogP contribution in [-0.4, -0.2) is 9.78 Å². The molecule has 0 atom stereocenters. The summed E-state index contributed by atoms with van der Waals surface area (Å²) in [5.41, 5.74) is 0.907. The molecule has 0 bridgehead atoms. The standard InChI is InChI=1S/C14H14F3N3/c1-2-20-10-12(9-19-20)8-18-7-11-4-3-5-13(6-11)14(15,16)17/h2-6,9-10,18H,1,7-8H2. The predicted octanol–water partition coefficient (Wildman–Crippen LogP) is 3.29. The molecule has 0 saturated carbocycles. The van der Waals surface area contributed by atoms with Crippen molar-refractivity contribution in [2.24, 2.45) is 0 Å². The first-order valence-electron chi connectivity index (χ1n) is 6.01. The highest BCUT2D eigenvalue weighted by molar-refractivity contribution is 5.25. The molecule has 0 saturated heterocycles. The summed E-state index contributed by atoms with van der Waals surface area (Å²) in [6.45, 7) is 4.47. The Hall–Kier alpha value is -2.08. The Morgan fingerprint density at radius 3 is 2.65 bits per heavy atom. The minimum Gasteiger partial charge on any atom is -0.309 e. The SMILES string of the molecule is C=Cn1cc(CNCc2cccc(C(F)(F)F)c2)cn1. The van der Waals surface area contributed by atoms with E-state index in [1.807, 2.05) is 0 Å². The van der Waals surface area contributed by atoms with Crippen LogP contribution >= 0.6 is 0 Å². The van der Waals surface area contributed by atoms with E-state index >= 15 is 0 Å². The van der Waals surface area contributed by atoms with Crippen LogP contribution in [0.25, 0.3) is 6.20 Å². The summed E-state index contributed by atoms with van der Waals surface area (Å²) in [6.07, 6.45) is 0.740. The van der Waals surface area contributed by atoms with E-state index in [4.69, 9.17) is 0 Å². The number of hydrogen-bond donors (Lipinski definition) is 1. The molecule has 0 aliphatic carbocycles. The number of alkyl halides is 3. The predicted molar refractivity (Wildman–Crippen MR) is 70.6 cm³/mol. The molecule has 0 amide bonds. The van der Waals surface area contributed by atoms with Crippen molar-refractivity contribution in [1.29, 1.82) is 0 Å². The van der Waals surface area contributed by atoms with Gasteiger partial charge in [0.05, 0.1) is 11.8 Å². The monoisotopic (exact) mass is 281 g/mol. The van der Waals surface area contributed by atoms with Gasteiger partial charge in [0.2, 0.25) is 0 Å². The van der Waals surface area contributed by atoms with Gasteiger partial charge in [-0.15, -0.1) is 0 Å². The Balaban J connectivity index is 1.92. The molecule has 0 unspecified atom stereocenters. The Bertz CT molecular complexity index is 587. The van der Waals surface area contributed by atoms with Crippen LogP contribution in [0.4, 0.5) is 13.2 Å². The zero-order valence-corrected chi connectivity index (χ0v) is 10.7. The summed E-state index contributed by atoms with van der Waals surface area (Å²) in [5, 5.41) is 7.10. The molecule has 1 aromatic heterocycles. The van der Waals surface area contributed by atoms with Crippen molar-refractivity contribution in [1.82, 2.24) is 15.1 Å². The lowest BCUT2D eigenvalue weighted by molar-refractivity contribution is -0.137. The van der Waals surface area contributed by atoms with E-state index < -0.39 is 11.7 Å². The lowest BCUT2D eigenvalue weighted by atomic mass is 10.1. The van der Waals surface area contributed by atoms with Crippen LogP contribution in [0.3, 0.4) is 0 Å². The molecule has 6 heteroatoms. The number of halogens is 3. The molecule has 106 valence electrons. The van der Waals surface area contributed by atoms with Crippen LogP contribution in [0.15, 0.2) is 43.2 Å². The maximum absolute atomic E-state index is 12.6. The summed E-state index contributed by atoms with van der Waals surface area (Å²) < 4.78 is 39.2. The van der Waals surface area contributed by atoms with E-state index in [0.717, 1.165) is 17.7 Å². The molecule has 1 aromatic carbocycles. The molecule has 2 rings (SSSR count). The topological polar surface area (TPSA) is 29.9 Å². The third-order valence-corrected chi connectivity index (χ3v) is 2.75. The van der Waals surface area contributed by atoms with Gasteiger partial charge in [-0.1, -0.05) is 24.8 Å². The molecule has 0 spiro atoms. The molecular formula is C14H14F3N3. The fraction of sp³-hybridized carbons (Fsp3) is 0.214. The Kier molecular flexibility index (Phi) is 4.24. The highest BCUT2D eigenvalue weighted by Gasteiger charge is 2.30. The van der Waals surface area contributed by atoms with Crippen molar-refractivity contribution in [2.45, 2.75) is 19.3 Å². The minimum atomic E-state index is -4.30. The van der Waals surface area contributed by atoms with Crippen LogP contribution in [0.1, 0.15) is 16.7 Å². The average Bonchev–Trinajstić information content (AvgIpc) is 2.86. The summed E-state index contributed by atoms with van der Waals surface area (Å²) in [5.74, 6) is 0. The van der Waals surface area contributed by atoms with Gasteiger partial charge in [0.1, 0.15) is 0 Å². The van der Waals surface area contributed by atoms with Crippen molar-refractivity contribution < 1.29 is 13.2 Å². The normalized spacial score (nSPS) is 11.6. The highest BCUT2D eigenvalue weighted by Crippen LogP contribution is 2.29. The molecule has 0 fully saturated rings. The van der Waals surface area contributed by atoms with Gasteiger partial charge < -0.3 is 5.32 Å². The molecule has 0 radical (unpaired) electrons.